The summed E-state index contributed by atoms with van der Waals surface area (Å²) in [6.45, 7) is 0. The Morgan fingerprint density at radius 1 is 1.57 bits per heavy atom. The molecule has 0 spiro atoms. The van der Waals surface area contributed by atoms with Crippen molar-refractivity contribution < 1.29 is 18.0 Å². The number of hydrogen-bond acceptors (Lipinski definition) is 2. The number of allylic oxidation sites excluding steroid dienone is 3. The summed E-state index contributed by atoms with van der Waals surface area (Å²) in [7, 11) is -0.182. The topological polar surface area (TPSA) is 29.1 Å². The van der Waals surface area contributed by atoms with Crippen molar-refractivity contribution in [1.82, 2.24) is 5.23 Å². The van der Waals surface area contributed by atoms with E-state index in [2.05, 4.69) is 5.23 Å². The Morgan fingerprint density at radius 2 is 2.21 bits per heavy atom. The molecular formula is C7H6BClF3NO. The summed E-state index contributed by atoms with van der Waals surface area (Å²) in [6, 6.07) is 0. The molecule has 1 aliphatic rings. The monoisotopic (exact) mass is 223 g/mol. The van der Waals surface area contributed by atoms with Crippen molar-refractivity contribution in [3.8, 4) is 0 Å². The Kier molecular flexibility index (Phi) is 3.26. The predicted octanol–water partition coefficient (Wildman–Crippen LogP) is 1.46. The lowest BCUT2D eigenvalue weighted by molar-refractivity contribution is -0.0894. The van der Waals surface area contributed by atoms with Crippen molar-refractivity contribution in [2.24, 2.45) is 0 Å². The smallest absolute Gasteiger partial charge is 0.418 e. The van der Waals surface area contributed by atoms with Gasteiger partial charge < -0.3 is 10.0 Å². The standard InChI is InChI=1S/C7H6BClF3NO/c9-5-2-1-4(7(10,11)12)6(5)13-8-3-14/h1,3,8,13H,2H2. The third-order valence-electron chi connectivity index (χ3n) is 1.69. The first-order chi connectivity index (χ1) is 6.46. The average molecular weight is 223 g/mol. The molecule has 0 fully saturated rings. The highest BCUT2D eigenvalue weighted by atomic mass is 35.5. The van der Waals surface area contributed by atoms with Gasteiger partial charge in [0.1, 0.15) is 6.19 Å². The van der Waals surface area contributed by atoms with Crippen LogP contribution in [0.3, 0.4) is 0 Å². The number of carbonyl (C=O) groups is 1. The molecule has 76 valence electrons. The van der Waals surface area contributed by atoms with Crippen LogP contribution >= 0.6 is 11.6 Å². The predicted molar refractivity (Wildman–Crippen MR) is 48.7 cm³/mol. The molecule has 7 heteroatoms. The zero-order valence-electron chi connectivity index (χ0n) is 6.99. The van der Waals surface area contributed by atoms with E-state index < -0.39 is 11.7 Å². The van der Waals surface area contributed by atoms with Gasteiger partial charge in [-0.3, -0.25) is 0 Å². The second-order valence-electron chi connectivity index (χ2n) is 2.65. The highest BCUT2D eigenvalue weighted by Gasteiger charge is 2.38. The van der Waals surface area contributed by atoms with Gasteiger partial charge in [-0.2, -0.15) is 13.2 Å². The van der Waals surface area contributed by atoms with Gasteiger partial charge in [0.25, 0.3) is 0 Å². The van der Waals surface area contributed by atoms with Gasteiger partial charge in [-0.25, -0.2) is 0 Å². The molecule has 1 aliphatic carbocycles. The number of halogens is 4. The molecule has 0 bridgehead atoms. The molecule has 1 N–H and O–H groups in total. The van der Waals surface area contributed by atoms with Crippen LogP contribution in [0.1, 0.15) is 6.42 Å². The fourth-order valence-electron chi connectivity index (χ4n) is 1.13. The van der Waals surface area contributed by atoms with Crippen molar-refractivity contribution in [2.75, 3.05) is 0 Å². The fraction of sp³-hybridized carbons (Fsp3) is 0.286. The Hall–Kier alpha value is -0.905. The van der Waals surface area contributed by atoms with Crippen molar-refractivity contribution in [1.29, 1.82) is 0 Å². The van der Waals surface area contributed by atoms with E-state index in [0.717, 1.165) is 6.08 Å². The number of alkyl halides is 3. The molecule has 0 heterocycles. The third kappa shape index (κ3) is 2.32. The molecule has 0 aromatic rings. The third-order valence-corrected chi connectivity index (χ3v) is 2.04. The van der Waals surface area contributed by atoms with E-state index in [1.807, 2.05) is 0 Å². The zero-order chi connectivity index (χ0) is 10.8. The minimum absolute atomic E-state index is 0.0532. The lowest BCUT2D eigenvalue weighted by Gasteiger charge is -2.13. The molecular weight excluding hydrogens is 217 g/mol. The SMILES string of the molecule is O=CBNC1=C(Cl)CC=C1C(F)(F)F. The maximum Gasteiger partial charge on any atom is 0.418 e. The lowest BCUT2D eigenvalue weighted by atomic mass is 9.97. The molecule has 0 saturated carbocycles. The summed E-state index contributed by atoms with van der Waals surface area (Å²) >= 11 is 5.56. The second-order valence-corrected chi connectivity index (χ2v) is 3.10. The van der Waals surface area contributed by atoms with Crippen LogP contribution < -0.4 is 5.23 Å². The molecule has 14 heavy (non-hydrogen) atoms. The molecule has 0 unspecified atom stereocenters. The molecule has 0 saturated heterocycles. The van der Waals surface area contributed by atoms with Crippen LogP contribution in [0.2, 0.25) is 0 Å². The Labute approximate surface area is 84.1 Å². The number of nitrogens with one attached hydrogen (secondary N) is 1. The number of carbonyl (C=O) groups excluding carboxylic acids is 1. The Morgan fingerprint density at radius 3 is 2.71 bits per heavy atom. The van der Waals surface area contributed by atoms with Gasteiger partial charge in [0.2, 0.25) is 0 Å². The van der Waals surface area contributed by atoms with Gasteiger partial charge in [0.05, 0.1) is 5.57 Å². The zero-order valence-corrected chi connectivity index (χ0v) is 7.74. The molecule has 2 nitrogen and oxygen atoms in total. The van der Waals surface area contributed by atoms with E-state index in [0.29, 0.717) is 6.19 Å². The summed E-state index contributed by atoms with van der Waals surface area (Å²) in [5.74, 6) is 0. The van der Waals surface area contributed by atoms with Crippen LogP contribution in [-0.2, 0) is 4.79 Å². The maximum atomic E-state index is 12.3. The molecule has 0 atom stereocenters. The molecule has 0 radical (unpaired) electrons. The van der Waals surface area contributed by atoms with Gasteiger partial charge in [-0.1, -0.05) is 17.7 Å². The summed E-state index contributed by atoms with van der Waals surface area (Å²) in [6.07, 6.45) is -2.90. The molecule has 0 aromatic carbocycles. The van der Waals surface area contributed by atoms with Crippen LogP contribution in [0.4, 0.5) is 13.2 Å². The lowest BCUT2D eigenvalue weighted by Crippen LogP contribution is -2.26. The normalized spacial score (nSPS) is 16.7. The quantitative estimate of drug-likeness (QED) is 0.580. The van der Waals surface area contributed by atoms with Gasteiger partial charge in [-0.05, 0) is 0 Å². The van der Waals surface area contributed by atoms with E-state index >= 15 is 0 Å². The van der Waals surface area contributed by atoms with E-state index in [4.69, 9.17) is 11.6 Å². The van der Waals surface area contributed by atoms with Crippen LogP contribution in [0.25, 0.3) is 0 Å². The summed E-state index contributed by atoms with van der Waals surface area (Å²) in [5.41, 5.74) is -0.990. The Balaban J connectivity index is 2.84. The van der Waals surface area contributed by atoms with Gasteiger partial charge >= 0.3 is 13.6 Å². The van der Waals surface area contributed by atoms with Crippen LogP contribution in [-0.4, -0.2) is 19.8 Å². The van der Waals surface area contributed by atoms with Gasteiger partial charge in [0.15, 0.2) is 0 Å². The van der Waals surface area contributed by atoms with Gasteiger partial charge in [0, 0.05) is 17.2 Å². The average Bonchev–Trinajstić information content (AvgIpc) is 2.42. The highest BCUT2D eigenvalue weighted by Crippen LogP contribution is 2.37. The first-order valence-corrected chi connectivity index (χ1v) is 4.18. The van der Waals surface area contributed by atoms with Crippen molar-refractivity contribution in [3.05, 3.63) is 22.4 Å². The molecule has 0 aliphatic heterocycles. The maximum absolute atomic E-state index is 12.3. The van der Waals surface area contributed by atoms with Crippen molar-refractivity contribution in [2.45, 2.75) is 12.6 Å². The Bertz CT molecular complexity index is 311. The molecule has 0 aromatic heterocycles. The second kappa shape index (κ2) is 4.08. The minimum Gasteiger partial charge on any atom is -0.423 e. The van der Waals surface area contributed by atoms with E-state index in [1.165, 1.54) is 0 Å². The fourth-order valence-corrected chi connectivity index (χ4v) is 1.38. The van der Waals surface area contributed by atoms with E-state index in [-0.39, 0.29) is 24.6 Å². The summed E-state index contributed by atoms with van der Waals surface area (Å²) in [5, 5.41) is 2.41. The van der Waals surface area contributed by atoms with Gasteiger partial charge in [-0.15, -0.1) is 0 Å². The van der Waals surface area contributed by atoms with Crippen LogP contribution in [0.15, 0.2) is 22.4 Å². The van der Waals surface area contributed by atoms with Crippen molar-refractivity contribution in [3.63, 3.8) is 0 Å². The highest BCUT2D eigenvalue weighted by molar-refractivity contribution is 6.65. The minimum atomic E-state index is -4.43. The van der Waals surface area contributed by atoms with Crippen LogP contribution in [0, 0.1) is 0 Å². The summed E-state index contributed by atoms with van der Waals surface area (Å²) in [4.78, 5) is 10.00. The number of rotatable bonds is 3. The first kappa shape index (κ1) is 11.2. The first-order valence-electron chi connectivity index (χ1n) is 3.80. The summed E-state index contributed by atoms with van der Waals surface area (Å²) < 4.78 is 37.0. The van der Waals surface area contributed by atoms with E-state index in [1.54, 1.807) is 0 Å². The molecule has 1 rings (SSSR count). The molecule has 0 amide bonds. The van der Waals surface area contributed by atoms with Crippen LogP contribution in [0.5, 0.6) is 0 Å². The van der Waals surface area contributed by atoms with E-state index in [9.17, 15) is 18.0 Å². The number of hydrogen-bond donors (Lipinski definition) is 1. The van der Waals surface area contributed by atoms with Crippen molar-refractivity contribution >= 4 is 25.2 Å². The largest absolute Gasteiger partial charge is 0.423 e.